The molecule has 14 nitrogen and oxygen atoms in total. The molecule has 4 N–H and O–H groups in total. The summed E-state index contributed by atoms with van der Waals surface area (Å²) >= 11 is 24.2. The van der Waals surface area contributed by atoms with Crippen LogP contribution in [0.3, 0.4) is 0 Å². The third-order valence-electron chi connectivity index (χ3n) is 9.65. The Kier molecular flexibility index (Phi) is 16.5. The number of hydrogen-bond acceptors (Lipinski definition) is 10. The van der Waals surface area contributed by atoms with E-state index in [1.54, 1.807) is 13.8 Å². The van der Waals surface area contributed by atoms with E-state index in [-0.39, 0.29) is 54.0 Å². The Hall–Kier alpha value is -6.74. The zero-order valence-corrected chi connectivity index (χ0v) is 38.3. The topological polar surface area (TPSA) is 200 Å². The molecule has 0 aliphatic rings. The Labute approximate surface area is 401 Å². The van der Waals surface area contributed by atoms with Gasteiger partial charge < -0.3 is 21.3 Å². The predicted octanol–water partition coefficient (Wildman–Crippen LogP) is 12.8. The van der Waals surface area contributed by atoms with Crippen molar-refractivity contribution in [1.82, 2.24) is 0 Å². The highest BCUT2D eigenvalue weighted by molar-refractivity contribution is 6.37. The van der Waals surface area contributed by atoms with Crippen molar-refractivity contribution in [3.05, 3.63) is 138 Å². The first kappa shape index (κ1) is 52.2. The molecule has 5 rings (SSSR count). The van der Waals surface area contributed by atoms with E-state index < -0.39 is 82.1 Å². The molecule has 68 heavy (non-hydrogen) atoms. The van der Waals surface area contributed by atoms with Gasteiger partial charge in [-0.15, -0.1) is 0 Å². The maximum absolute atomic E-state index is 13.6. The van der Waals surface area contributed by atoms with Gasteiger partial charge in [-0.1, -0.05) is 58.5 Å². The third-order valence-corrected chi connectivity index (χ3v) is 10.9. The first-order chi connectivity index (χ1) is 31.8. The molecular weight excluding hydrogens is 992 g/mol. The summed E-state index contributed by atoms with van der Waals surface area (Å²) in [5.74, 6) is -5.54. The summed E-state index contributed by atoms with van der Waals surface area (Å²) in [4.78, 5) is 78.1. The van der Waals surface area contributed by atoms with Gasteiger partial charge in [-0.3, -0.25) is 28.8 Å². The minimum absolute atomic E-state index is 0.163. The number of ketones is 2. The molecule has 0 aliphatic carbocycles. The van der Waals surface area contributed by atoms with Crippen LogP contribution in [0.15, 0.2) is 105 Å². The summed E-state index contributed by atoms with van der Waals surface area (Å²) < 4.78 is 81.7. The van der Waals surface area contributed by atoms with Crippen LogP contribution >= 0.6 is 46.4 Å². The van der Waals surface area contributed by atoms with Crippen molar-refractivity contribution in [2.24, 2.45) is 20.5 Å². The number of nitrogens with one attached hydrogen (secondary N) is 4. The van der Waals surface area contributed by atoms with Crippen molar-refractivity contribution in [3.8, 4) is 0 Å². The molecule has 0 saturated heterocycles. The molecule has 0 saturated carbocycles. The molecule has 0 spiro atoms. The fourth-order valence-electron chi connectivity index (χ4n) is 6.01. The number of hydrogen-bond donors (Lipinski definition) is 4. The highest BCUT2D eigenvalue weighted by Crippen LogP contribution is 2.39. The van der Waals surface area contributed by atoms with Crippen molar-refractivity contribution < 1.29 is 55.1 Å². The summed E-state index contributed by atoms with van der Waals surface area (Å²) in [5, 5.41) is 23.7. The van der Waals surface area contributed by atoms with Gasteiger partial charge >= 0.3 is 12.4 Å². The molecule has 2 atom stereocenters. The third kappa shape index (κ3) is 12.6. The van der Waals surface area contributed by atoms with E-state index in [0.717, 1.165) is 38.1 Å². The van der Waals surface area contributed by atoms with Crippen LogP contribution in [0.1, 0.15) is 56.8 Å². The summed E-state index contributed by atoms with van der Waals surface area (Å²) in [6.45, 7) is 5.23. The van der Waals surface area contributed by atoms with E-state index in [9.17, 15) is 55.1 Å². The highest BCUT2D eigenvalue weighted by Gasteiger charge is 2.36. The molecule has 0 aromatic heterocycles. The quantitative estimate of drug-likeness (QED) is 0.0484. The average Bonchev–Trinajstić information content (AvgIpc) is 3.25. The van der Waals surface area contributed by atoms with Gasteiger partial charge in [0.2, 0.25) is 12.1 Å². The molecule has 5 aromatic rings. The van der Waals surface area contributed by atoms with Gasteiger partial charge in [-0.05, 0) is 112 Å². The second kappa shape index (κ2) is 21.5. The largest absolute Gasteiger partial charge is 0.418 e. The number of anilines is 4. The molecule has 0 fully saturated rings. The van der Waals surface area contributed by atoms with Crippen LogP contribution < -0.4 is 21.3 Å². The number of Topliss-reactive ketones (excluding diaryl/α,β-unsaturated/α-hetero) is 2. The molecule has 4 amide bonds. The number of rotatable bonds is 14. The van der Waals surface area contributed by atoms with Gasteiger partial charge in [-0.25, -0.2) is 0 Å². The fraction of sp³-hybridized carbons (Fsp3) is 0.182. The number of amides is 4. The molecule has 0 aliphatic heterocycles. The standard InChI is InChI=1S/C44H32Cl4F6N8O6/c1-19-20(2)30(56-42(68)38(22(4)64)62-60-34-10-6-8-26(36(34)48)40(66)58-32-14-12-24(46)18-28(32)44(52,53)54)16-15-29(19)55-41(67)37(21(3)63)61-59-33-9-5-7-25(35(33)47)39(65)57-31-13-11-23(45)17-27(31)43(49,50)51/h5-18,37-38H,1-4H3,(H,55,67)(H,56,68)(H,57,65)(H,58,66). The lowest BCUT2D eigenvalue weighted by Crippen LogP contribution is -2.33. The van der Waals surface area contributed by atoms with E-state index in [0.29, 0.717) is 23.3 Å². The van der Waals surface area contributed by atoms with Gasteiger partial charge in [0.15, 0.2) is 11.6 Å². The average molecular weight is 1020 g/mol. The van der Waals surface area contributed by atoms with Crippen molar-refractivity contribution in [2.75, 3.05) is 21.3 Å². The SMILES string of the molecule is CC(=O)C(N=Nc1cccc(C(=O)Nc2ccc(Cl)cc2C(F)(F)F)c1Cl)C(=O)Nc1ccc(NC(=O)C(N=Nc2cccc(C(=O)Nc3ccc(Cl)cc3C(F)(F)F)c2Cl)C(C)=O)c(C)c1C. The first-order valence-corrected chi connectivity index (χ1v) is 20.8. The monoisotopic (exact) mass is 1020 g/mol. The molecule has 2 unspecified atom stereocenters. The van der Waals surface area contributed by atoms with Gasteiger partial charge in [0.05, 0.1) is 43.7 Å². The molecule has 24 heteroatoms. The summed E-state index contributed by atoms with van der Waals surface area (Å²) in [5.41, 5.74) is -3.56. The van der Waals surface area contributed by atoms with Crippen molar-refractivity contribution in [1.29, 1.82) is 0 Å². The number of carbonyl (C=O) groups excluding carboxylic acids is 6. The lowest BCUT2D eigenvalue weighted by atomic mass is 10.0. The van der Waals surface area contributed by atoms with Gasteiger partial charge in [-0.2, -0.15) is 46.8 Å². The Morgan fingerprint density at radius 2 is 0.838 bits per heavy atom. The van der Waals surface area contributed by atoms with Crippen LogP contribution in [-0.4, -0.2) is 47.3 Å². The van der Waals surface area contributed by atoms with Crippen LogP contribution in [0.5, 0.6) is 0 Å². The van der Waals surface area contributed by atoms with Crippen LogP contribution in [-0.2, 0) is 31.5 Å². The normalized spacial score (nSPS) is 12.7. The molecule has 5 aromatic carbocycles. The smallest absolute Gasteiger partial charge is 0.324 e. The predicted molar refractivity (Wildman–Crippen MR) is 243 cm³/mol. The Balaban J connectivity index is 1.28. The molecule has 0 bridgehead atoms. The summed E-state index contributed by atoms with van der Waals surface area (Å²) in [6.07, 6.45) is -9.72. The van der Waals surface area contributed by atoms with Crippen LogP contribution in [0.25, 0.3) is 0 Å². The molecule has 354 valence electrons. The van der Waals surface area contributed by atoms with Crippen LogP contribution in [0, 0.1) is 13.8 Å². The molecule has 0 heterocycles. The number of carbonyl (C=O) groups is 6. The van der Waals surface area contributed by atoms with E-state index >= 15 is 0 Å². The maximum atomic E-state index is 13.6. The number of azo groups is 2. The Morgan fingerprint density at radius 1 is 0.500 bits per heavy atom. The van der Waals surface area contributed by atoms with E-state index in [1.165, 1.54) is 48.5 Å². The van der Waals surface area contributed by atoms with Crippen molar-refractivity contribution >= 4 is 116 Å². The number of halogens is 10. The van der Waals surface area contributed by atoms with Crippen LogP contribution in [0.2, 0.25) is 20.1 Å². The second-order valence-corrected chi connectivity index (χ2v) is 16.0. The molecular formula is C44H32Cl4F6N8O6. The Morgan fingerprint density at radius 3 is 1.16 bits per heavy atom. The van der Waals surface area contributed by atoms with E-state index in [4.69, 9.17) is 46.4 Å². The van der Waals surface area contributed by atoms with Gasteiger partial charge in [0.1, 0.15) is 11.4 Å². The van der Waals surface area contributed by atoms with Crippen molar-refractivity contribution in [2.45, 2.75) is 52.1 Å². The first-order valence-electron chi connectivity index (χ1n) is 19.3. The lowest BCUT2D eigenvalue weighted by Gasteiger charge is -2.17. The number of nitrogens with zero attached hydrogens (tertiary/aromatic N) is 4. The van der Waals surface area contributed by atoms with E-state index in [2.05, 4.69) is 41.7 Å². The summed E-state index contributed by atoms with van der Waals surface area (Å²) in [7, 11) is 0. The Bertz CT molecular complexity index is 2740. The number of alkyl halides is 6. The second-order valence-electron chi connectivity index (χ2n) is 14.4. The highest BCUT2D eigenvalue weighted by atomic mass is 35.5. The number of benzene rings is 5. The lowest BCUT2D eigenvalue weighted by molar-refractivity contribution is -0.137. The zero-order chi connectivity index (χ0) is 50.4. The molecule has 0 radical (unpaired) electrons. The van der Waals surface area contributed by atoms with Gasteiger partial charge in [0.25, 0.3) is 23.6 Å². The van der Waals surface area contributed by atoms with Crippen LogP contribution in [0.4, 0.5) is 60.5 Å². The van der Waals surface area contributed by atoms with E-state index in [1.807, 2.05) is 0 Å². The zero-order valence-electron chi connectivity index (χ0n) is 35.3. The van der Waals surface area contributed by atoms with Gasteiger partial charge in [0, 0.05) is 21.4 Å². The summed E-state index contributed by atoms with van der Waals surface area (Å²) in [6, 6.07) is 12.3. The minimum Gasteiger partial charge on any atom is -0.324 e. The maximum Gasteiger partial charge on any atom is 0.418 e. The van der Waals surface area contributed by atoms with Crippen molar-refractivity contribution in [3.63, 3.8) is 0 Å². The fourth-order valence-corrected chi connectivity index (χ4v) is 6.86. The minimum atomic E-state index is -4.86.